The second-order valence-corrected chi connectivity index (χ2v) is 5.91. The van der Waals surface area contributed by atoms with Crippen molar-refractivity contribution in [2.75, 3.05) is 0 Å². The van der Waals surface area contributed by atoms with Gasteiger partial charge in [0.05, 0.1) is 17.5 Å². The van der Waals surface area contributed by atoms with Gasteiger partial charge < -0.3 is 9.38 Å². The van der Waals surface area contributed by atoms with E-state index in [1.165, 1.54) is 11.5 Å². The smallest absolute Gasteiger partial charge is 0.347 e. The SMILES string of the molecule is N#Cc1cc(-c2ccccn2)[c-]cc1F.[Pt+2].[c-]1cccc2ccn3ccnc3c12. The summed E-state index contributed by atoms with van der Waals surface area (Å²) < 4.78 is 15.0. The van der Waals surface area contributed by atoms with Gasteiger partial charge >= 0.3 is 21.1 Å². The summed E-state index contributed by atoms with van der Waals surface area (Å²) in [5, 5.41) is 10.9. The average Bonchev–Trinajstić information content (AvgIpc) is 3.25. The minimum Gasteiger partial charge on any atom is -0.347 e. The number of nitriles is 1. The molecule has 0 bridgehead atoms. The Morgan fingerprint density at radius 1 is 1.00 bits per heavy atom. The van der Waals surface area contributed by atoms with Gasteiger partial charge in [0, 0.05) is 24.2 Å². The Morgan fingerprint density at radius 3 is 2.69 bits per heavy atom. The van der Waals surface area contributed by atoms with Crippen LogP contribution in [0.2, 0.25) is 0 Å². The first-order chi connectivity index (χ1) is 13.8. The first-order valence-electron chi connectivity index (χ1n) is 8.51. The van der Waals surface area contributed by atoms with E-state index in [-0.39, 0.29) is 26.6 Å². The summed E-state index contributed by atoms with van der Waals surface area (Å²) in [6.07, 6.45) is 7.39. The van der Waals surface area contributed by atoms with E-state index in [2.05, 4.69) is 34.2 Å². The first-order valence-corrected chi connectivity index (χ1v) is 8.51. The molecule has 0 saturated carbocycles. The van der Waals surface area contributed by atoms with E-state index in [9.17, 15) is 4.39 Å². The maximum atomic E-state index is 13.0. The van der Waals surface area contributed by atoms with E-state index in [0.717, 1.165) is 17.1 Å². The number of aromatic nitrogens is 3. The van der Waals surface area contributed by atoms with Crippen molar-refractivity contribution in [2.24, 2.45) is 0 Å². The number of nitrogens with zero attached hydrogens (tertiary/aromatic N) is 4. The van der Waals surface area contributed by atoms with Gasteiger partial charge in [-0.15, -0.1) is 58.8 Å². The molecular formula is C23H13FN4Pt. The average molecular weight is 559 g/mol. The van der Waals surface area contributed by atoms with Gasteiger partial charge in [-0.1, -0.05) is 18.2 Å². The number of imidazole rings is 1. The summed E-state index contributed by atoms with van der Waals surface area (Å²) in [7, 11) is 0. The number of hydrogen-bond donors (Lipinski definition) is 0. The van der Waals surface area contributed by atoms with E-state index in [4.69, 9.17) is 5.26 Å². The molecule has 6 heteroatoms. The maximum Gasteiger partial charge on any atom is 2.00 e. The van der Waals surface area contributed by atoms with Crippen LogP contribution in [0.1, 0.15) is 5.56 Å². The predicted molar refractivity (Wildman–Crippen MR) is 105 cm³/mol. The molecule has 3 heterocycles. The van der Waals surface area contributed by atoms with E-state index >= 15 is 0 Å². The van der Waals surface area contributed by atoms with Gasteiger partial charge in [-0.05, 0) is 18.0 Å². The third kappa shape index (κ3) is 4.39. The molecule has 5 rings (SSSR count). The van der Waals surface area contributed by atoms with Crippen LogP contribution in [0, 0.1) is 29.3 Å². The van der Waals surface area contributed by atoms with Crippen LogP contribution < -0.4 is 0 Å². The van der Waals surface area contributed by atoms with Crippen molar-refractivity contribution in [3.8, 4) is 17.3 Å². The van der Waals surface area contributed by atoms with Gasteiger partial charge in [0.1, 0.15) is 0 Å². The molecule has 0 aliphatic rings. The molecule has 0 aliphatic heterocycles. The van der Waals surface area contributed by atoms with E-state index in [1.54, 1.807) is 30.6 Å². The van der Waals surface area contributed by atoms with Gasteiger partial charge in [0.2, 0.25) is 0 Å². The number of pyridine rings is 2. The molecule has 29 heavy (non-hydrogen) atoms. The third-order valence-electron chi connectivity index (χ3n) is 4.16. The van der Waals surface area contributed by atoms with Gasteiger partial charge in [0.25, 0.3) is 0 Å². The van der Waals surface area contributed by atoms with Crippen molar-refractivity contribution in [2.45, 2.75) is 0 Å². The topological polar surface area (TPSA) is 54.0 Å². The molecule has 2 aromatic carbocycles. The molecule has 4 nitrogen and oxygen atoms in total. The van der Waals surface area contributed by atoms with Crippen LogP contribution in [0.4, 0.5) is 4.39 Å². The van der Waals surface area contributed by atoms with Crippen LogP contribution in [-0.4, -0.2) is 14.4 Å². The minimum absolute atomic E-state index is 0. The normalized spacial score (nSPS) is 9.93. The van der Waals surface area contributed by atoms with Crippen LogP contribution in [-0.2, 0) is 21.1 Å². The predicted octanol–water partition coefficient (Wildman–Crippen LogP) is 4.84. The summed E-state index contributed by atoms with van der Waals surface area (Å²) in [4.78, 5) is 8.37. The van der Waals surface area contributed by atoms with Gasteiger partial charge in [-0.2, -0.15) is 5.26 Å². The van der Waals surface area contributed by atoms with Crippen molar-refractivity contribution >= 4 is 16.4 Å². The standard InChI is InChI=1S/C12H6FN2.C11H7N2.Pt/c13-11-5-4-9(7-10(11)8-14)12-3-1-2-6-15-12;1-2-4-10-9(3-1)5-7-13-8-6-12-11(10)13;/h1-3,5-7H;1-3,5-8H;/q2*-1;+2. The molecule has 0 radical (unpaired) electrons. The van der Waals surface area contributed by atoms with Crippen molar-refractivity contribution in [3.05, 3.63) is 103 Å². The van der Waals surface area contributed by atoms with Crippen molar-refractivity contribution in [1.29, 1.82) is 5.26 Å². The van der Waals surface area contributed by atoms with Crippen LogP contribution >= 0.6 is 0 Å². The fraction of sp³-hybridized carbons (Fsp3) is 0. The van der Waals surface area contributed by atoms with Gasteiger partial charge in [-0.3, -0.25) is 9.37 Å². The summed E-state index contributed by atoms with van der Waals surface area (Å²) in [6, 6.07) is 23.8. The molecular weight excluding hydrogens is 546 g/mol. The fourth-order valence-electron chi connectivity index (χ4n) is 2.80. The fourth-order valence-corrected chi connectivity index (χ4v) is 2.80. The van der Waals surface area contributed by atoms with E-state index in [1.807, 2.05) is 35.0 Å². The Morgan fingerprint density at radius 2 is 1.90 bits per heavy atom. The Labute approximate surface area is 181 Å². The van der Waals surface area contributed by atoms with Crippen LogP contribution in [0.15, 0.2) is 79.4 Å². The molecule has 3 aromatic heterocycles. The van der Waals surface area contributed by atoms with Crippen molar-refractivity contribution < 1.29 is 25.5 Å². The third-order valence-corrected chi connectivity index (χ3v) is 4.16. The molecule has 0 fully saturated rings. The Balaban J connectivity index is 0.000000161. The molecule has 0 unspecified atom stereocenters. The number of rotatable bonds is 1. The number of fused-ring (bicyclic) bond motifs is 3. The summed E-state index contributed by atoms with van der Waals surface area (Å²) >= 11 is 0. The Hall–Kier alpha value is -3.35. The van der Waals surface area contributed by atoms with Gasteiger partial charge in [-0.25, -0.2) is 0 Å². The van der Waals surface area contributed by atoms with Gasteiger partial charge in [0.15, 0.2) is 0 Å². The zero-order valence-electron chi connectivity index (χ0n) is 15.0. The Bertz CT molecular complexity index is 1290. The number of hydrogen-bond acceptors (Lipinski definition) is 3. The second-order valence-electron chi connectivity index (χ2n) is 5.91. The quantitative estimate of drug-likeness (QED) is 0.276. The molecule has 0 atom stereocenters. The minimum atomic E-state index is -0.558. The zero-order valence-corrected chi connectivity index (χ0v) is 17.3. The largest absolute Gasteiger partial charge is 2.00 e. The number of halogens is 1. The molecule has 0 aliphatic carbocycles. The van der Waals surface area contributed by atoms with E-state index in [0.29, 0.717) is 11.3 Å². The van der Waals surface area contributed by atoms with Crippen LogP contribution in [0.25, 0.3) is 27.7 Å². The maximum absolute atomic E-state index is 13.0. The van der Waals surface area contributed by atoms with E-state index < -0.39 is 5.82 Å². The first kappa shape index (κ1) is 20.4. The van der Waals surface area contributed by atoms with Crippen molar-refractivity contribution in [3.63, 3.8) is 0 Å². The molecule has 142 valence electrons. The molecule has 0 N–H and O–H groups in total. The van der Waals surface area contributed by atoms with Crippen LogP contribution in [0.5, 0.6) is 0 Å². The summed E-state index contributed by atoms with van der Waals surface area (Å²) in [5.41, 5.74) is 2.27. The van der Waals surface area contributed by atoms with Crippen LogP contribution in [0.3, 0.4) is 0 Å². The number of benzene rings is 2. The molecule has 0 amide bonds. The van der Waals surface area contributed by atoms with Crippen molar-refractivity contribution in [1.82, 2.24) is 14.4 Å². The Kier molecular flexibility index (Phi) is 6.49. The summed E-state index contributed by atoms with van der Waals surface area (Å²) in [5.74, 6) is -0.558. The molecule has 0 spiro atoms. The second kappa shape index (κ2) is 9.23. The summed E-state index contributed by atoms with van der Waals surface area (Å²) in [6.45, 7) is 0. The molecule has 5 aromatic rings. The monoisotopic (exact) mass is 559 g/mol. The zero-order chi connectivity index (χ0) is 19.3. The molecule has 0 saturated heterocycles.